The number of hydrogen-bond acceptors (Lipinski definition) is 7. The third kappa shape index (κ3) is 7.81. The van der Waals surface area contributed by atoms with Crippen molar-refractivity contribution in [3.63, 3.8) is 0 Å². The zero-order chi connectivity index (χ0) is 28.1. The van der Waals surface area contributed by atoms with Gasteiger partial charge in [0.15, 0.2) is 5.75 Å². The maximum absolute atomic E-state index is 13.4. The topological polar surface area (TPSA) is 100 Å². The van der Waals surface area contributed by atoms with Gasteiger partial charge in [-0.25, -0.2) is 8.78 Å². The van der Waals surface area contributed by atoms with Crippen LogP contribution in [0.15, 0.2) is 30.3 Å². The first-order valence-electron chi connectivity index (χ1n) is 12.0. The smallest absolute Gasteiger partial charge is 0.387 e. The van der Waals surface area contributed by atoms with Gasteiger partial charge in [-0.1, -0.05) is 11.6 Å². The van der Waals surface area contributed by atoms with Crippen molar-refractivity contribution in [2.24, 2.45) is 0 Å². The Morgan fingerprint density at radius 3 is 2.59 bits per heavy atom. The molecule has 1 aromatic carbocycles. The second kappa shape index (κ2) is 12.9. The first-order valence-corrected chi connectivity index (χ1v) is 13.2. The van der Waals surface area contributed by atoms with E-state index in [0.29, 0.717) is 17.2 Å². The summed E-state index contributed by atoms with van der Waals surface area (Å²) in [7, 11) is 0. The number of morpholine rings is 1. The Morgan fingerprint density at radius 2 is 1.97 bits per heavy atom. The highest BCUT2D eigenvalue weighted by molar-refractivity contribution is 7.18. The molecule has 1 aliphatic carbocycles. The number of hydrogen-bond donors (Lipinski definition) is 2. The Bertz CT molecular complexity index is 1200. The summed E-state index contributed by atoms with van der Waals surface area (Å²) >= 11 is 6.89. The standard InChI is InChI=1S/C24H25ClF4N4O5S/c25-19-6-5-18(39-19)23(36)30-10-16(33(11-20(26)27)13-1-2-13)22(35)31-15-4-3-14(9-17(15)38-24(28)29)32-7-8-37-12-21(32)34/h3-6,9,13,16,20,24H,1-2,7-8,10-12H2,(H,30,36)(H,31,35)/t16-/m1/s1. The Labute approximate surface area is 230 Å². The molecule has 0 radical (unpaired) electrons. The predicted molar refractivity (Wildman–Crippen MR) is 136 cm³/mol. The summed E-state index contributed by atoms with van der Waals surface area (Å²) in [5, 5.41) is 5.06. The van der Waals surface area contributed by atoms with Crippen LogP contribution in [0.4, 0.5) is 28.9 Å². The first-order chi connectivity index (χ1) is 18.6. The van der Waals surface area contributed by atoms with Crippen LogP contribution in [-0.4, -0.2) is 80.6 Å². The molecule has 1 saturated heterocycles. The Balaban J connectivity index is 1.56. The van der Waals surface area contributed by atoms with E-state index >= 15 is 0 Å². The molecule has 0 bridgehead atoms. The molecule has 212 valence electrons. The number of benzene rings is 1. The summed E-state index contributed by atoms with van der Waals surface area (Å²) in [5.74, 6) is -2.14. The van der Waals surface area contributed by atoms with E-state index in [-0.39, 0.29) is 54.5 Å². The Hall–Kier alpha value is -2.94. The molecule has 39 heavy (non-hydrogen) atoms. The lowest BCUT2D eigenvalue weighted by Crippen LogP contribution is -2.53. The van der Waals surface area contributed by atoms with Gasteiger partial charge in [0.25, 0.3) is 18.2 Å². The average Bonchev–Trinajstić information content (AvgIpc) is 3.63. The lowest BCUT2D eigenvalue weighted by molar-refractivity contribution is -0.125. The zero-order valence-electron chi connectivity index (χ0n) is 20.4. The molecule has 2 fully saturated rings. The van der Waals surface area contributed by atoms with Gasteiger partial charge in [0.1, 0.15) is 12.6 Å². The SMILES string of the molecule is O=C(NC[C@H](C(=O)Nc1ccc(N2CCOCC2=O)cc1OC(F)F)N(CC(F)F)C1CC1)c1ccc(Cl)s1. The van der Waals surface area contributed by atoms with Crippen molar-refractivity contribution >= 4 is 52.0 Å². The molecule has 0 spiro atoms. The quantitative estimate of drug-likeness (QED) is 0.364. The fourth-order valence-corrected chi connectivity index (χ4v) is 5.11. The molecule has 3 amide bonds. The number of ether oxygens (including phenoxy) is 2. The molecule has 2 heterocycles. The lowest BCUT2D eigenvalue weighted by Gasteiger charge is -2.31. The highest BCUT2D eigenvalue weighted by atomic mass is 35.5. The number of rotatable bonds is 12. The summed E-state index contributed by atoms with van der Waals surface area (Å²) < 4.78 is 63.4. The van der Waals surface area contributed by atoms with Crippen LogP contribution in [0.2, 0.25) is 4.34 Å². The van der Waals surface area contributed by atoms with E-state index in [1.54, 1.807) is 0 Å². The van der Waals surface area contributed by atoms with Crippen molar-refractivity contribution in [2.75, 3.05) is 43.1 Å². The number of nitrogens with one attached hydrogen (secondary N) is 2. The predicted octanol–water partition coefficient (Wildman–Crippen LogP) is 3.83. The number of nitrogens with zero attached hydrogens (tertiary/aromatic N) is 2. The summed E-state index contributed by atoms with van der Waals surface area (Å²) in [6.07, 6.45) is -1.57. The summed E-state index contributed by atoms with van der Waals surface area (Å²) in [6, 6.07) is 5.37. The second-order valence-electron chi connectivity index (χ2n) is 8.79. The van der Waals surface area contributed by atoms with Crippen LogP contribution < -0.4 is 20.3 Å². The van der Waals surface area contributed by atoms with Crippen molar-refractivity contribution in [3.05, 3.63) is 39.5 Å². The van der Waals surface area contributed by atoms with Crippen LogP contribution in [0.3, 0.4) is 0 Å². The highest BCUT2D eigenvalue weighted by Crippen LogP contribution is 2.34. The molecular weight excluding hydrogens is 568 g/mol. The molecule has 2 N–H and O–H groups in total. The fraction of sp³-hybridized carbons (Fsp3) is 0.458. The number of carbonyl (C=O) groups is 3. The van der Waals surface area contributed by atoms with E-state index in [2.05, 4.69) is 15.4 Å². The molecule has 15 heteroatoms. The third-order valence-corrected chi connectivity index (χ3v) is 7.29. The molecule has 2 aromatic rings. The van der Waals surface area contributed by atoms with Crippen LogP contribution in [-0.2, 0) is 14.3 Å². The lowest BCUT2D eigenvalue weighted by atomic mass is 10.1. The first kappa shape index (κ1) is 29.1. The molecule has 0 unspecified atom stereocenters. The number of carbonyl (C=O) groups excluding carboxylic acids is 3. The average molecular weight is 593 g/mol. The Morgan fingerprint density at radius 1 is 1.21 bits per heavy atom. The Kier molecular flexibility index (Phi) is 9.64. The fourth-order valence-electron chi connectivity index (χ4n) is 4.15. The van der Waals surface area contributed by atoms with Crippen molar-refractivity contribution in [2.45, 2.75) is 38.0 Å². The van der Waals surface area contributed by atoms with Gasteiger partial charge >= 0.3 is 6.61 Å². The molecule has 2 aliphatic rings. The van der Waals surface area contributed by atoms with Crippen LogP contribution >= 0.6 is 22.9 Å². The number of halogens is 5. The summed E-state index contributed by atoms with van der Waals surface area (Å²) in [4.78, 5) is 41.1. The summed E-state index contributed by atoms with van der Waals surface area (Å²) in [6.45, 7) is -4.01. The van der Waals surface area contributed by atoms with Gasteiger partial charge in [-0.05, 0) is 37.1 Å². The number of thiophene rings is 1. The van der Waals surface area contributed by atoms with Crippen molar-refractivity contribution in [1.29, 1.82) is 0 Å². The van der Waals surface area contributed by atoms with Crippen molar-refractivity contribution in [1.82, 2.24) is 10.2 Å². The maximum atomic E-state index is 13.4. The van der Waals surface area contributed by atoms with Crippen LogP contribution in [0.1, 0.15) is 22.5 Å². The highest BCUT2D eigenvalue weighted by Gasteiger charge is 2.39. The normalized spacial score (nSPS) is 16.6. The molecule has 1 atom stereocenters. The van der Waals surface area contributed by atoms with Crippen LogP contribution in [0, 0.1) is 0 Å². The van der Waals surface area contributed by atoms with Crippen molar-refractivity contribution < 1.29 is 41.4 Å². The van der Waals surface area contributed by atoms with E-state index in [0.717, 1.165) is 11.3 Å². The van der Waals surface area contributed by atoms with Gasteiger partial charge in [0, 0.05) is 30.9 Å². The van der Waals surface area contributed by atoms with Crippen LogP contribution in [0.25, 0.3) is 0 Å². The largest absolute Gasteiger partial charge is 0.433 e. The zero-order valence-corrected chi connectivity index (χ0v) is 22.0. The van der Waals surface area contributed by atoms with Gasteiger partial charge in [0.2, 0.25) is 5.91 Å². The van der Waals surface area contributed by atoms with Gasteiger partial charge in [-0.2, -0.15) is 8.78 Å². The van der Waals surface area contributed by atoms with Gasteiger partial charge in [-0.15, -0.1) is 11.3 Å². The van der Waals surface area contributed by atoms with E-state index in [4.69, 9.17) is 16.3 Å². The van der Waals surface area contributed by atoms with Gasteiger partial charge < -0.3 is 25.0 Å². The van der Waals surface area contributed by atoms with Gasteiger partial charge in [-0.3, -0.25) is 19.3 Å². The molecule has 9 nitrogen and oxygen atoms in total. The number of alkyl halides is 4. The van der Waals surface area contributed by atoms with E-state index in [1.165, 1.54) is 40.1 Å². The molecule has 1 aromatic heterocycles. The molecule has 1 aliphatic heterocycles. The van der Waals surface area contributed by atoms with Crippen LogP contribution in [0.5, 0.6) is 5.75 Å². The molecular formula is C24H25ClF4N4O5S. The van der Waals surface area contributed by atoms with Gasteiger partial charge in [0.05, 0.1) is 28.1 Å². The minimum absolute atomic E-state index is 0.154. The van der Waals surface area contributed by atoms with E-state index in [1.807, 2.05) is 0 Å². The second-order valence-corrected chi connectivity index (χ2v) is 10.5. The minimum atomic E-state index is -3.24. The molecule has 4 rings (SSSR count). The van der Waals surface area contributed by atoms with E-state index < -0.39 is 43.2 Å². The monoisotopic (exact) mass is 592 g/mol. The maximum Gasteiger partial charge on any atom is 0.387 e. The minimum Gasteiger partial charge on any atom is -0.433 e. The number of amides is 3. The third-order valence-electron chi connectivity index (χ3n) is 6.06. The summed E-state index contributed by atoms with van der Waals surface area (Å²) in [5.41, 5.74) is 0.103. The number of anilines is 2. The molecule has 1 saturated carbocycles. The van der Waals surface area contributed by atoms with E-state index in [9.17, 15) is 31.9 Å². The van der Waals surface area contributed by atoms with Crippen molar-refractivity contribution in [3.8, 4) is 5.75 Å².